The predicted octanol–water partition coefficient (Wildman–Crippen LogP) is 0.561. The number of hydrogen-bond donors (Lipinski definition) is 1. The summed E-state index contributed by atoms with van der Waals surface area (Å²) in [6.07, 6.45) is 1.70. The smallest absolute Gasteiger partial charge is 0.293 e. The summed E-state index contributed by atoms with van der Waals surface area (Å²) >= 11 is 0. The average molecular weight is 228 g/mol. The summed E-state index contributed by atoms with van der Waals surface area (Å²) in [5.41, 5.74) is 7.55. The zero-order chi connectivity index (χ0) is 12.4. The van der Waals surface area contributed by atoms with Crippen LogP contribution in [0.3, 0.4) is 0 Å². The molecule has 0 saturated carbocycles. The van der Waals surface area contributed by atoms with E-state index in [0.717, 1.165) is 16.7 Å². The Hall–Kier alpha value is -2.35. The van der Waals surface area contributed by atoms with Crippen LogP contribution in [0.2, 0.25) is 0 Å². The molecular formula is C12H12N4O. The minimum absolute atomic E-state index is 0.132. The van der Waals surface area contributed by atoms with E-state index in [2.05, 4.69) is 21.9 Å². The molecule has 0 saturated heterocycles. The van der Waals surface area contributed by atoms with Crippen molar-refractivity contribution in [2.24, 2.45) is 12.8 Å². The lowest BCUT2D eigenvalue weighted by Gasteiger charge is -2.03. The minimum Gasteiger partial charge on any atom is -0.359 e. The molecular weight excluding hydrogens is 216 g/mol. The number of nitrogens with zero attached hydrogens (tertiary/aromatic N) is 3. The van der Waals surface area contributed by atoms with Crippen molar-refractivity contribution < 1.29 is 4.79 Å². The van der Waals surface area contributed by atoms with Gasteiger partial charge < -0.3 is 5.73 Å². The van der Waals surface area contributed by atoms with Crippen molar-refractivity contribution in [3.05, 3.63) is 24.0 Å². The first-order chi connectivity index (χ1) is 8.08. The summed E-state index contributed by atoms with van der Waals surface area (Å²) in [6.45, 7) is 1.88. The molecule has 5 heteroatoms. The van der Waals surface area contributed by atoms with Crippen LogP contribution < -0.4 is 5.73 Å². The standard InChI is InChI=1S/C12H12N4O/c1-8(3-6-12(13)17)9-4-5-11-10(15-9)7-14-16(11)2/h4-5,7-8H,1-2H3,(H2,13,17). The van der Waals surface area contributed by atoms with Crippen molar-refractivity contribution >= 4 is 16.9 Å². The van der Waals surface area contributed by atoms with E-state index < -0.39 is 5.91 Å². The number of aromatic nitrogens is 3. The third kappa shape index (κ3) is 2.26. The monoisotopic (exact) mass is 228 g/mol. The molecule has 17 heavy (non-hydrogen) atoms. The Labute approximate surface area is 98.6 Å². The lowest BCUT2D eigenvalue weighted by atomic mass is 10.1. The normalized spacial score (nSPS) is 11.9. The first kappa shape index (κ1) is 11.1. The van der Waals surface area contributed by atoms with Gasteiger partial charge in [-0.3, -0.25) is 9.48 Å². The molecule has 0 fully saturated rings. The second kappa shape index (κ2) is 4.26. The maximum absolute atomic E-state index is 10.6. The first-order valence-electron chi connectivity index (χ1n) is 5.17. The quantitative estimate of drug-likeness (QED) is 0.725. The summed E-state index contributed by atoms with van der Waals surface area (Å²) in [6, 6.07) is 3.82. The third-order valence-corrected chi connectivity index (χ3v) is 2.48. The van der Waals surface area contributed by atoms with Crippen LogP contribution in [0.5, 0.6) is 0 Å². The Kier molecular flexibility index (Phi) is 2.79. The predicted molar refractivity (Wildman–Crippen MR) is 63.9 cm³/mol. The van der Waals surface area contributed by atoms with Gasteiger partial charge >= 0.3 is 0 Å². The number of aryl methyl sites for hydroxylation is 1. The maximum atomic E-state index is 10.6. The first-order valence-corrected chi connectivity index (χ1v) is 5.17. The highest BCUT2D eigenvalue weighted by molar-refractivity contribution is 5.92. The van der Waals surface area contributed by atoms with Crippen LogP contribution in [-0.2, 0) is 11.8 Å². The topological polar surface area (TPSA) is 73.8 Å². The van der Waals surface area contributed by atoms with E-state index in [1.54, 1.807) is 10.9 Å². The van der Waals surface area contributed by atoms with Crippen LogP contribution in [0.4, 0.5) is 0 Å². The lowest BCUT2D eigenvalue weighted by molar-refractivity contribution is -0.112. The molecule has 5 nitrogen and oxygen atoms in total. The van der Waals surface area contributed by atoms with Gasteiger partial charge in [0.2, 0.25) is 0 Å². The maximum Gasteiger partial charge on any atom is 0.293 e. The zero-order valence-electron chi connectivity index (χ0n) is 9.64. The van der Waals surface area contributed by atoms with Crippen LogP contribution >= 0.6 is 0 Å². The molecule has 2 heterocycles. The molecule has 0 bridgehead atoms. The van der Waals surface area contributed by atoms with E-state index in [0.29, 0.717) is 0 Å². The van der Waals surface area contributed by atoms with E-state index >= 15 is 0 Å². The molecule has 86 valence electrons. The summed E-state index contributed by atoms with van der Waals surface area (Å²) in [5.74, 6) is 4.32. The summed E-state index contributed by atoms with van der Waals surface area (Å²) in [4.78, 5) is 15.0. The van der Waals surface area contributed by atoms with Gasteiger partial charge in [-0.2, -0.15) is 5.10 Å². The van der Waals surface area contributed by atoms with Gasteiger partial charge in [-0.15, -0.1) is 0 Å². The SMILES string of the molecule is CC(C#CC(N)=O)c1ccc2c(cnn2C)n1. The Morgan fingerprint density at radius 3 is 3.00 bits per heavy atom. The highest BCUT2D eigenvalue weighted by atomic mass is 16.1. The molecule has 2 rings (SSSR count). The lowest BCUT2D eigenvalue weighted by Crippen LogP contribution is -2.07. The van der Waals surface area contributed by atoms with Gasteiger partial charge in [0.05, 0.1) is 23.3 Å². The second-order valence-corrected chi connectivity index (χ2v) is 3.76. The summed E-state index contributed by atoms with van der Waals surface area (Å²) in [5, 5.41) is 4.11. The Bertz CT molecular complexity index is 633. The van der Waals surface area contributed by atoms with Gasteiger partial charge in [-0.25, -0.2) is 4.98 Å². The van der Waals surface area contributed by atoms with Gasteiger partial charge in [-0.05, 0) is 25.0 Å². The van der Waals surface area contributed by atoms with Crippen LogP contribution in [0.1, 0.15) is 18.5 Å². The number of carbonyl (C=O) groups excluding carboxylic acids is 1. The molecule has 2 aromatic heterocycles. The van der Waals surface area contributed by atoms with E-state index in [-0.39, 0.29) is 5.92 Å². The van der Waals surface area contributed by atoms with Crippen molar-refractivity contribution in [1.82, 2.24) is 14.8 Å². The van der Waals surface area contributed by atoms with Crippen molar-refractivity contribution in [3.63, 3.8) is 0 Å². The number of amides is 1. The number of pyridine rings is 1. The van der Waals surface area contributed by atoms with Gasteiger partial charge in [0, 0.05) is 7.05 Å². The van der Waals surface area contributed by atoms with E-state index in [9.17, 15) is 4.79 Å². The number of hydrogen-bond acceptors (Lipinski definition) is 3. The second-order valence-electron chi connectivity index (χ2n) is 3.76. The fourth-order valence-electron chi connectivity index (χ4n) is 1.55. The molecule has 2 N–H and O–H groups in total. The largest absolute Gasteiger partial charge is 0.359 e. The van der Waals surface area contributed by atoms with E-state index in [1.165, 1.54) is 0 Å². The van der Waals surface area contributed by atoms with Crippen molar-refractivity contribution in [2.75, 3.05) is 0 Å². The molecule has 0 aromatic carbocycles. The van der Waals surface area contributed by atoms with Crippen LogP contribution in [0, 0.1) is 11.8 Å². The van der Waals surface area contributed by atoms with Gasteiger partial charge in [-0.1, -0.05) is 5.92 Å². The third-order valence-electron chi connectivity index (χ3n) is 2.48. The number of carbonyl (C=O) groups is 1. The van der Waals surface area contributed by atoms with E-state index in [4.69, 9.17) is 5.73 Å². The van der Waals surface area contributed by atoms with Crippen molar-refractivity contribution in [3.8, 4) is 11.8 Å². The summed E-state index contributed by atoms with van der Waals surface area (Å²) in [7, 11) is 1.86. The Morgan fingerprint density at radius 2 is 2.29 bits per heavy atom. The fraction of sp³-hybridized carbons (Fsp3) is 0.250. The highest BCUT2D eigenvalue weighted by Gasteiger charge is 2.07. The highest BCUT2D eigenvalue weighted by Crippen LogP contribution is 2.16. The molecule has 0 aliphatic rings. The zero-order valence-corrected chi connectivity index (χ0v) is 9.64. The number of nitrogens with two attached hydrogens (primary N) is 1. The molecule has 2 aromatic rings. The number of primary amides is 1. The van der Waals surface area contributed by atoms with E-state index in [1.807, 2.05) is 26.1 Å². The molecule has 0 aliphatic carbocycles. The van der Waals surface area contributed by atoms with Gasteiger partial charge in [0.15, 0.2) is 0 Å². The van der Waals surface area contributed by atoms with Crippen molar-refractivity contribution in [1.29, 1.82) is 0 Å². The molecule has 0 aliphatic heterocycles. The number of rotatable bonds is 1. The molecule has 1 unspecified atom stereocenters. The molecule has 0 spiro atoms. The molecule has 0 radical (unpaired) electrons. The fourth-order valence-corrected chi connectivity index (χ4v) is 1.55. The van der Waals surface area contributed by atoms with Crippen LogP contribution in [-0.4, -0.2) is 20.7 Å². The summed E-state index contributed by atoms with van der Waals surface area (Å²) < 4.78 is 1.76. The number of fused-ring (bicyclic) bond motifs is 1. The van der Waals surface area contributed by atoms with Gasteiger partial charge in [0.25, 0.3) is 5.91 Å². The Morgan fingerprint density at radius 1 is 1.53 bits per heavy atom. The minimum atomic E-state index is -0.626. The molecule has 1 amide bonds. The van der Waals surface area contributed by atoms with Crippen molar-refractivity contribution in [2.45, 2.75) is 12.8 Å². The van der Waals surface area contributed by atoms with Crippen LogP contribution in [0.25, 0.3) is 11.0 Å². The van der Waals surface area contributed by atoms with Gasteiger partial charge in [0.1, 0.15) is 5.52 Å². The molecule has 1 atom stereocenters. The Balaban J connectivity index is 2.37. The average Bonchev–Trinajstić information content (AvgIpc) is 2.67. The van der Waals surface area contributed by atoms with Crippen LogP contribution in [0.15, 0.2) is 18.3 Å².